The van der Waals surface area contributed by atoms with Crippen LogP contribution in [0.5, 0.6) is 0 Å². The molecule has 1 fully saturated rings. The summed E-state index contributed by atoms with van der Waals surface area (Å²) in [4.78, 5) is 4.43. The normalized spacial score (nSPS) is 18.1. The van der Waals surface area contributed by atoms with E-state index in [0.29, 0.717) is 6.04 Å². The van der Waals surface area contributed by atoms with E-state index in [2.05, 4.69) is 36.5 Å². The van der Waals surface area contributed by atoms with E-state index in [1.165, 1.54) is 12.8 Å². The van der Waals surface area contributed by atoms with Crippen molar-refractivity contribution in [1.29, 1.82) is 0 Å². The van der Waals surface area contributed by atoms with E-state index in [9.17, 15) is 0 Å². The van der Waals surface area contributed by atoms with Gasteiger partial charge in [-0.3, -0.25) is 10.4 Å². The van der Waals surface area contributed by atoms with Crippen LogP contribution >= 0.6 is 0 Å². The van der Waals surface area contributed by atoms with E-state index >= 15 is 0 Å². The fraction of sp³-hybridized carbons (Fsp3) is 0.900. The molecule has 4 heteroatoms. The topological polar surface area (TPSA) is 62.4 Å². The fourth-order valence-electron chi connectivity index (χ4n) is 0.959. The summed E-state index contributed by atoms with van der Waals surface area (Å²) in [6.45, 7) is 7.41. The van der Waals surface area contributed by atoms with Crippen LogP contribution in [0.2, 0.25) is 0 Å². The molecule has 1 aliphatic rings. The Kier molecular flexibility index (Phi) is 3.75. The molecule has 1 saturated carbocycles. The van der Waals surface area contributed by atoms with Gasteiger partial charge in [0, 0.05) is 12.6 Å². The van der Waals surface area contributed by atoms with E-state index in [1.54, 1.807) is 0 Å². The zero-order valence-electron chi connectivity index (χ0n) is 9.43. The number of hydrogen-bond donors (Lipinski definition) is 3. The number of hydrogen-bond acceptors (Lipinski definition) is 2. The molecule has 0 aromatic carbocycles. The quantitative estimate of drug-likeness (QED) is 0.273. The number of hydrazine groups is 1. The minimum absolute atomic E-state index is 0.257. The second-order valence-corrected chi connectivity index (χ2v) is 4.75. The van der Waals surface area contributed by atoms with Crippen molar-refractivity contribution in [2.45, 2.75) is 46.1 Å². The van der Waals surface area contributed by atoms with E-state index in [0.717, 1.165) is 18.9 Å². The van der Waals surface area contributed by atoms with Crippen LogP contribution in [0.15, 0.2) is 4.99 Å². The van der Waals surface area contributed by atoms with Gasteiger partial charge in [-0.25, -0.2) is 5.84 Å². The molecule has 0 atom stereocenters. The molecule has 0 bridgehead atoms. The highest BCUT2D eigenvalue weighted by Gasteiger charge is 2.22. The molecule has 4 N–H and O–H groups in total. The summed E-state index contributed by atoms with van der Waals surface area (Å²) in [5.41, 5.74) is 2.87. The van der Waals surface area contributed by atoms with Gasteiger partial charge in [0.1, 0.15) is 0 Å². The Balaban J connectivity index is 2.37. The predicted molar refractivity (Wildman–Crippen MR) is 59.9 cm³/mol. The van der Waals surface area contributed by atoms with Crippen molar-refractivity contribution < 1.29 is 0 Å². The van der Waals surface area contributed by atoms with Gasteiger partial charge in [0.05, 0.1) is 0 Å². The molecule has 0 unspecified atom stereocenters. The van der Waals surface area contributed by atoms with Crippen LogP contribution in [0.25, 0.3) is 0 Å². The second-order valence-electron chi connectivity index (χ2n) is 4.75. The third kappa shape index (κ3) is 3.96. The molecule has 14 heavy (non-hydrogen) atoms. The highest BCUT2D eigenvalue weighted by molar-refractivity contribution is 5.79. The van der Waals surface area contributed by atoms with Crippen LogP contribution < -0.4 is 16.6 Å². The number of guanidine groups is 1. The molecule has 0 saturated heterocycles. The third-order valence-corrected chi connectivity index (χ3v) is 2.68. The Hall–Kier alpha value is -0.770. The molecule has 4 nitrogen and oxygen atoms in total. The Morgan fingerprint density at radius 2 is 2.14 bits per heavy atom. The average Bonchev–Trinajstić information content (AvgIpc) is 2.96. The maximum absolute atomic E-state index is 5.38. The van der Waals surface area contributed by atoms with Crippen molar-refractivity contribution in [3.63, 3.8) is 0 Å². The molecule has 0 heterocycles. The van der Waals surface area contributed by atoms with Crippen LogP contribution in [0, 0.1) is 5.41 Å². The molecule has 1 rings (SSSR count). The van der Waals surface area contributed by atoms with Crippen molar-refractivity contribution in [3.8, 4) is 0 Å². The van der Waals surface area contributed by atoms with Gasteiger partial charge in [-0.2, -0.15) is 0 Å². The van der Waals surface area contributed by atoms with Crippen molar-refractivity contribution in [2.75, 3.05) is 6.54 Å². The van der Waals surface area contributed by atoms with Crippen LogP contribution in [0.4, 0.5) is 0 Å². The maximum Gasteiger partial charge on any atom is 0.205 e. The van der Waals surface area contributed by atoms with Gasteiger partial charge in [0.15, 0.2) is 0 Å². The van der Waals surface area contributed by atoms with Crippen LogP contribution in [0.1, 0.15) is 40.0 Å². The lowest BCUT2D eigenvalue weighted by atomic mass is 9.91. The van der Waals surface area contributed by atoms with Crippen molar-refractivity contribution in [2.24, 2.45) is 16.3 Å². The number of nitrogens with two attached hydrogens (primary N) is 1. The Bertz CT molecular complexity index is 206. The van der Waals surface area contributed by atoms with Gasteiger partial charge in [0.25, 0.3) is 0 Å². The van der Waals surface area contributed by atoms with Gasteiger partial charge in [-0.05, 0) is 24.7 Å². The molecule has 0 aromatic rings. The first-order valence-corrected chi connectivity index (χ1v) is 5.35. The lowest BCUT2D eigenvalue weighted by Gasteiger charge is -2.20. The Morgan fingerprint density at radius 3 is 2.57 bits per heavy atom. The van der Waals surface area contributed by atoms with Crippen molar-refractivity contribution >= 4 is 5.96 Å². The Morgan fingerprint density at radius 1 is 1.50 bits per heavy atom. The SMILES string of the molecule is CCC(C)(C)CN=C(NN)NC1CC1. The van der Waals surface area contributed by atoms with Crippen molar-refractivity contribution in [3.05, 3.63) is 0 Å². The molecule has 1 aliphatic carbocycles. The first kappa shape index (κ1) is 11.3. The van der Waals surface area contributed by atoms with E-state index in [-0.39, 0.29) is 5.41 Å². The first-order valence-electron chi connectivity index (χ1n) is 5.35. The molecular formula is C10H22N4. The second kappa shape index (κ2) is 4.64. The fourth-order valence-corrected chi connectivity index (χ4v) is 0.959. The highest BCUT2D eigenvalue weighted by atomic mass is 15.3. The number of rotatable bonds is 4. The molecule has 0 amide bonds. The summed E-state index contributed by atoms with van der Waals surface area (Å²) in [5.74, 6) is 6.11. The molecule has 82 valence electrons. The molecule has 0 aromatic heterocycles. The number of nitrogens with zero attached hydrogens (tertiary/aromatic N) is 1. The lowest BCUT2D eigenvalue weighted by Crippen LogP contribution is -2.43. The number of nitrogens with one attached hydrogen (secondary N) is 2. The monoisotopic (exact) mass is 198 g/mol. The molecule has 0 radical (unpaired) electrons. The van der Waals surface area contributed by atoms with E-state index < -0.39 is 0 Å². The zero-order valence-corrected chi connectivity index (χ0v) is 9.43. The first-order chi connectivity index (χ1) is 6.57. The Labute approximate surface area is 86.3 Å². The predicted octanol–water partition coefficient (Wildman–Crippen LogP) is 0.994. The molecule has 0 aliphatic heterocycles. The zero-order chi connectivity index (χ0) is 10.6. The summed E-state index contributed by atoms with van der Waals surface area (Å²) >= 11 is 0. The minimum atomic E-state index is 0.257. The summed E-state index contributed by atoms with van der Waals surface area (Å²) in [6.07, 6.45) is 3.59. The van der Waals surface area contributed by atoms with Crippen LogP contribution in [-0.2, 0) is 0 Å². The molecule has 0 spiro atoms. The molecular weight excluding hydrogens is 176 g/mol. The summed E-state index contributed by atoms with van der Waals surface area (Å²) in [7, 11) is 0. The average molecular weight is 198 g/mol. The number of aliphatic imine (C=N–C) groups is 1. The van der Waals surface area contributed by atoms with Crippen LogP contribution in [-0.4, -0.2) is 18.5 Å². The lowest BCUT2D eigenvalue weighted by molar-refractivity contribution is 0.365. The summed E-state index contributed by atoms with van der Waals surface area (Å²) in [6, 6.07) is 0.592. The van der Waals surface area contributed by atoms with Gasteiger partial charge >= 0.3 is 0 Å². The van der Waals surface area contributed by atoms with E-state index in [1.807, 2.05) is 0 Å². The van der Waals surface area contributed by atoms with Crippen molar-refractivity contribution in [1.82, 2.24) is 10.7 Å². The standard InChI is InChI=1S/C10H22N4/c1-4-10(2,3)7-12-9(14-11)13-8-5-6-8/h8H,4-7,11H2,1-3H3,(H2,12,13,14). The van der Waals surface area contributed by atoms with Crippen LogP contribution in [0.3, 0.4) is 0 Å². The minimum Gasteiger partial charge on any atom is -0.353 e. The largest absolute Gasteiger partial charge is 0.353 e. The van der Waals surface area contributed by atoms with Gasteiger partial charge in [0.2, 0.25) is 5.96 Å². The van der Waals surface area contributed by atoms with E-state index in [4.69, 9.17) is 5.84 Å². The maximum atomic E-state index is 5.38. The smallest absolute Gasteiger partial charge is 0.205 e. The van der Waals surface area contributed by atoms with Gasteiger partial charge in [-0.15, -0.1) is 0 Å². The van der Waals surface area contributed by atoms with Gasteiger partial charge < -0.3 is 5.32 Å². The highest BCUT2D eigenvalue weighted by Crippen LogP contribution is 2.20. The van der Waals surface area contributed by atoms with Gasteiger partial charge in [-0.1, -0.05) is 20.8 Å². The summed E-state index contributed by atoms with van der Waals surface area (Å²) < 4.78 is 0. The third-order valence-electron chi connectivity index (χ3n) is 2.68. The summed E-state index contributed by atoms with van der Waals surface area (Å²) in [5, 5.41) is 3.25.